The molecule has 0 amide bonds. The molecule has 1 atom stereocenters. The van der Waals surface area contributed by atoms with E-state index in [0.717, 1.165) is 5.56 Å². The first-order valence-electron chi connectivity index (χ1n) is 3.96. The van der Waals surface area contributed by atoms with E-state index in [-0.39, 0.29) is 18.4 Å². The van der Waals surface area contributed by atoms with Crippen LogP contribution in [0.2, 0.25) is 10.0 Å². The summed E-state index contributed by atoms with van der Waals surface area (Å²) in [5.41, 5.74) is 6.77. The Kier molecular flexibility index (Phi) is 6.21. The zero-order chi connectivity index (χ0) is 9.84. The van der Waals surface area contributed by atoms with Gasteiger partial charge in [0, 0.05) is 16.1 Å². The molecule has 2 N–H and O–H groups in total. The second-order valence-electron chi connectivity index (χ2n) is 2.80. The summed E-state index contributed by atoms with van der Waals surface area (Å²) in [6, 6.07) is 5.23. The van der Waals surface area contributed by atoms with E-state index in [1.165, 1.54) is 0 Å². The molecular formula is C10H12Cl3N. The van der Waals surface area contributed by atoms with Gasteiger partial charge in [0.1, 0.15) is 0 Å². The Morgan fingerprint density at radius 3 is 2.57 bits per heavy atom. The van der Waals surface area contributed by atoms with E-state index < -0.39 is 0 Å². The quantitative estimate of drug-likeness (QED) is 0.809. The molecule has 1 rings (SSSR count). The van der Waals surface area contributed by atoms with Crippen LogP contribution in [-0.2, 0) is 0 Å². The third-order valence-corrected chi connectivity index (χ3v) is 2.34. The summed E-state index contributed by atoms with van der Waals surface area (Å²) >= 11 is 11.7. The number of hydrogen-bond acceptors (Lipinski definition) is 1. The monoisotopic (exact) mass is 251 g/mol. The Morgan fingerprint density at radius 1 is 1.43 bits per heavy atom. The van der Waals surface area contributed by atoms with E-state index in [0.29, 0.717) is 16.5 Å². The van der Waals surface area contributed by atoms with Crippen LogP contribution >= 0.6 is 35.6 Å². The smallest absolute Gasteiger partial charge is 0.0468 e. The molecule has 0 fully saturated rings. The summed E-state index contributed by atoms with van der Waals surface area (Å²) in [6.45, 7) is 3.62. The van der Waals surface area contributed by atoms with Crippen LogP contribution in [0.1, 0.15) is 18.0 Å². The first-order valence-corrected chi connectivity index (χ1v) is 4.72. The zero-order valence-electron chi connectivity index (χ0n) is 7.54. The Balaban J connectivity index is 0.00000169. The lowest BCUT2D eigenvalue weighted by Crippen LogP contribution is -2.09. The fraction of sp³-hybridized carbons (Fsp3) is 0.200. The summed E-state index contributed by atoms with van der Waals surface area (Å²) in [7, 11) is 0. The van der Waals surface area contributed by atoms with E-state index >= 15 is 0 Å². The minimum absolute atomic E-state index is 0. The van der Waals surface area contributed by atoms with Gasteiger partial charge in [-0.3, -0.25) is 0 Å². The zero-order valence-corrected chi connectivity index (χ0v) is 9.87. The van der Waals surface area contributed by atoms with Gasteiger partial charge in [-0.15, -0.1) is 19.0 Å². The van der Waals surface area contributed by atoms with Crippen molar-refractivity contribution in [3.63, 3.8) is 0 Å². The van der Waals surface area contributed by atoms with Gasteiger partial charge in [-0.2, -0.15) is 0 Å². The van der Waals surface area contributed by atoms with Crippen molar-refractivity contribution in [2.45, 2.75) is 12.5 Å². The van der Waals surface area contributed by atoms with Crippen molar-refractivity contribution in [2.24, 2.45) is 5.73 Å². The number of benzene rings is 1. The molecule has 14 heavy (non-hydrogen) atoms. The van der Waals surface area contributed by atoms with Gasteiger partial charge in [0.25, 0.3) is 0 Å². The molecule has 4 heteroatoms. The van der Waals surface area contributed by atoms with Gasteiger partial charge in [-0.25, -0.2) is 0 Å². The van der Waals surface area contributed by atoms with E-state index in [1.807, 2.05) is 6.07 Å². The van der Waals surface area contributed by atoms with Gasteiger partial charge in [-0.05, 0) is 24.1 Å². The van der Waals surface area contributed by atoms with Crippen LogP contribution in [-0.4, -0.2) is 0 Å². The van der Waals surface area contributed by atoms with Crippen LogP contribution in [0.25, 0.3) is 0 Å². The lowest BCUT2D eigenvalue weighted by molar-refractivity contribution is 0.742. The normalized spacial score (nSPS) is 11.6. The van der Waals surface area contributed by atoms with Gasteiger partial charge >= 0.3 is 0 Å². The van der Waals surface area contributed by atoms with Gasteiger partial charge in [-0.1, -0.05) is 35.3 Å². The highest BCUT2D eigenvalue weighted by molar-refractivity contribution is 6.35. The molecule has 0 radical (unpaired) electrons. The second kappa shape index (κ2) is 6.31. The summed E-state index contributed by atoms with van der Waals surface area (Å²) < 4.78 is 0. The SMILES string of the molecule is C=CC[C@H](N)c1ccc(Cl)cc1Cl.Cl. The van der Waals surface area contributed by atoms with Crippen LogP contribution in [0.4, 0.5) is 0 Å². The lowest BCUT2D eigenvalue weighted by atomic mass is 10.1. The van der Waals surface area contributed by atoms with E-state index in [4.69, 9.17) is 28.9 Å². The predicted molar refractivity (Wildman–Crippen MR) is 65.5 cm³/mol. The maximum atomic E-state index is 5.96. The molecule has 0 bridgehead atoms. The molecule has 0 spiro atoms. The van der Waals surface area contributed by atoms with E-state index in [9.17, 15) is 0 Å². The molecule has 0 aromatic heterocycles. The third-order valence-electron chi connectivity index (χ3n) is 1.78. The maximum Gasteiger partial charge on any atom is 0.0468 e. The standard InChI is InChI=1S/C10H11Cl2N.ClH/c1-2-3-10(13)8-5-4-7(11)6-9(8)12;/h2,4-6,10H,1,3,13H2;1H/t10-;/m0./s1. The Bertz CT molecular complexity index is 312. The van der Waals surface area contributed by atoms with E-state index in [1.54, 1.807) is 18.2 Å². The van der Waals surface area contributed by atoms with Crippen molar-refractivity contribution in [3.05, 3.63) is 46.5 Å². The highest BCUT2D eigenvalue weighted by Crippen LogP contribution is 2.26. The molecule has 78 valence electrons. The van der Waals surface area contributed by atoms with Crippen LogP contribution in [0, 0.1) is 0 Å². The first-order chi connectivity index (χ1) is 6.15. The number of hydrogen-bond donors (Lipinski definition) is 1. The Morgan fingerprint density at radius 2 is 2.07 bits per heavy atom. The molecular weight excluding hydrogens is 240 g/mol. The van der Waals surface area contributed by atoms with Crippen LogP contribution in [0.3, 0.4) is 0 Å². The summed E-state index contributed by atoms with van der Waals surface area (Å²) in [4.78, 5) is 0. The Hall–Kier alpha value is -0.210. The second-order valence-corrected chi connectivity index (χ2v) is 3.64. The van der Waals surface area contributed by atoms with Crippen molar-refractivity contribution < 1.29 is 0 Å². The van der Waals surface area contributed by atoms with Crippen molar-refractivity contribution in [2.75, 3.05) is 0 Å². The largest absolute Gasteiger partial charge is 0.324 e. The first kappa shape index (κ1) is 13.8. The highest BCUT2D eigenvalue weighted by Gasteiger charge is 2.08. The number of nitrogens with two attached hydrogens (primary N) is 1. The minimum Gasteiger partial charge on any atom is -0.324 e. The van der Waals surface area contributed by atoms with Crippen LogP contribution in [0.15, 0.2) is 30.9 Å². The molecule has 0 unspecified atom stereocenters. The molecule has 0 heterocycles. The fourth-order valence-corrected chi connectivity index (χ4v) is 1.66. The van der Waals surface area contributed by atoms with Gasteiger partial charge in [0.05, 0.1) is 0 Å². The summed E-state index contributed by atoms with van der Waals surface area (Å²) in [5.74, 6) is 0. The molecule has 0 aliphatic heterocycles. The number of halogens is 3. The predicted octanol–water partition coefficient (Wildman–Crippen LogP) is 3.99. The van der Waals surface area contributed by atoms with E-state index in [2.05, 4.69) is 6.58 Å². The van der Waals surface area contributed by atoms with Crippen LogP contribution in [0.5, 0.6) is 0 Å². The fourth-order valence-electron chi connectivity index (χ4n) is 1.11. The van der Waals surface area contributed by atoms with Gasteiger partial charge in [0.2, 0.25) is 0 Å². The molecule has 0 saturated heterocycles. The van der Waals surface area contributed by atoms with Crippen molar-refractivity contribution in [1.29, 1.82) is 0 Å². The minimum atomic E-state index is -0.0951. The summed E-state index contributed by atoms with van der Waals surface area (Å²) in [5, 5.41) is 1.24. The maximum absolute atomic E-state index is 5.96. The molecule has 1 aromatic rings. The molecule has 1 nitrogen and oxygen atoms in total. The molecule has 0 saturated carbocycles. The molecule has 0 aliphatic carbocycles. The lowest BCUT2D eigenvalue weighted by Gasteiger charge is -2.11. The average molecular weight is 253 g/mol. The Labute approximate surface area is 100 Å². The molecule has 1 aromatic carbocycles. The van der Waals surface area contributed by atoms with Gasteiger partial charge < -0.3 is 5.73 Å². The van der Waals surface area contributed by atoms with Crippen molar-refractivity contribution in [3.8, 4) is 0 Å². The van der Waals surface area contributed by atoms with Crippen molar-refractivity contribution in [1.82, 2.24) is 0 Å². The van der Waals surface area contributed by atoms with Crippen molar-refractivity contribution >= 4 is 35.6 Å². The summed E-state index contributed by atoms with van der Waals surface area (Å²) in [6.07, 6.45) is 2.48. The molecule has 0 aliphatic rings. The third kappa shape index (κ3) is 3.50. The van der Waals surface area contributed by atoms with Gasteiger partial charge in [0.15, 0.2) is 0 Å². The number of rotatable bonds is 3. The van der Waals surface area contributed by atoms with Crippen LogP contribution < -0.4 is 5.73 Å². The topological polar surface area (TPSA) is 26.0 Å². The highest BCUT2D eigenvalue weighted by atomic mass is 35.5. The average Bonchev–Trinajstić information content (AvgIpc) is 2.04.